The van der Waals surface area contributed by atoms with Gasteiger partial charge in [0.05, 0.1) is 11.4 Å². The van der Waals surface area contributed by atoms with E-state index in [1.807, 2.05) is 18.2 Å². The van der Waals surface area contributed by atoms with E-state index in [2.05, 4.69) is 17.6 Å². The molecular formula is C9H11BN2. The van der Waals surface area contributed by atoms with E-state index in [1.165, 1.54) is 0 Å². The number of benzene rings is 1. The van der Waals surface area contributed by atoms with E-state index in [9.17, 15) is 0 Å². The van der Waals surface area contributed by atoms with Gasteiger partial charge in [-0.15, -0.1) is 0 Å². The van der Waals surface area contributed by atoms with Gasteiger partial charge in [0.15, 0.2) is 0 Å². The van der Waals surface area contributed by atoms with Crippen LogP contribution in [0.15, 0.2) is 18.2 Å². The molecule has 2 rings (SSSR count). The Morgan fingerprint density at radius 1 is 1.42 bits per heavy atom. The third kappa shape index (κ3) is 1.27. The van der Waals surface area contributed by atoms with E-state index in [4.69, 9.17) is 7.85 Å². The average Bonchev–Trinajstić information content (AvgIpc) is 2.05. The highest BCUT2D eigenvalue weighted by molar-refractivity contribution is 6.32. The lowest BCUT2D eigenvalue weighted by Gasteiger charge is -2.25. The number of hydrogen-bond acceptors (Lipinski definition) is 2. The number of rotatable bonds is 0. The standard InChI is InChI=1S/C9H11BN2/c1-6-5-11-9-4-7(10)2-3-8(9)12-6/h2-4,6,11-12H,5H2,1H3/t6-/m0/s1. The fourth-order valence-corrected chi connectivity index (χ4v) is 1.41. The second-order valence-electron chi connectivity index (χ2n) is 3.23. The van der Waals surface area contributed by atoms with Gasteiger partial charge >= 0.3 is 0 Å². The Hall–Kier alpha value is -1.12. The Bertz CT molecular complexity index is 299. The van der Waals surface area contributed by atoms with Crippen LogP contribution in [0.2, 0.25) is 0 Å². The molecular weight excluding hydrogens is 147 g/mol. The molecule has 1 aliphatic rings. The maximum Gasteiger partial charge on any atom is 0.113 e. The van der Waals surface area contributed by atoms with Crippen LogP contribution in [0.4, 0.5) is 11.4 Å². The molecule has 3 heteroatoms. The van der Waals surface area contributed by atoms with Crippen molar-refractivity contribution in [2.45, 2.75) is 13.0 Å². The highest BCUT2D eigenvalue weighted by Crippen LogP contribution is 2.23. The number of hydrogen-bond donors (Lipinski definition) is 2. The summed E-state index contributed by atoms with van der Waals surface area (Å²) >= 11 is 0. The van der Waals surface area contributed by atoms with Gasteiger partial charge < -0.3 is 10.6 Å². The largest absolute Gasteiger partial charge is 0.381 e. The van der Waals surface area contributed by atoms with E-state index in [0.29, 0.717) is 6.04 Å². The van der Waals surface area contributed by atoms with Crippen LogP contribution in [0.25, 0.3) is 0 Å². The van der Waals surface area contributed by atoms with Crippen molar-refractivity contribution < 1.29 is 0 Å². The van der Waals surface area contributed by atoms with Gasteiger partial charge in [-0.25, -0.2) is 0 Å². The van der Waals surface area contributed by atoms with Crippen LogP contribution in [0.5, 0.6) is 0 Å². The SMILES string of the molecule is [B]c1ccc2c(c1)NC[C@H](C)N2. The molecule has 2 N–H and O–H groups in total. The van der Waals surface area contributed by atoms with Crippen molar-refractivity contribution >= 4 is 24.7 Å². The van der Waals surface area contributed by atoms with Gasteiger partial charge in [0.25, 0.3) is 0 Å². The van der Waals surface area contributed by atoms with Crippen LogP contribution in [0, 0.1) is 0 Å². The van der Waals surface area contributed by atoms with Gasteiger partial charge in [0.1, 0.15) is 7.85 Å². The lowest BCUT2D eigenvalue weighted by atomic mass is 9.94. The molecule has 1 aliphatic heterocycles. The Kier molecular flexibility index (Phi) is 1.72. The first kappa shape index (κ1) is 7.53. The summed E-state index contributed by atoms with van der Waals surface area (Å²) < 4.78 is 0. The van der Waals surface area contributed by atoms with Gasteiger partial charge in [-0.05, 0) is 19.1 Å². The molecule has 1 atom stereocenters. The molecule has 2 nitrogen and oxygen atoms in total. The normalized spacial score (nSPS) is 20.6. The van der Waals surface area contributed by atoms with Crippen molar-refractivity contribution in [3.05, 3.63) is 18.2 Å². The Labute approximate surface area is 73.8 Å². The predicted molar refractivity (Wildman–Crippen MR) is 53.4 cm³/mol. The van der Waals surface area contributed by atoms with Gasteiger partial charge in [0, 0.05) is 12.6 Å². The number of nitrogens with one attached hydrogen (secondary N) is 2. The molecule has 0 spiro atoms. The van der Waals surface area contributed by atoms with E-state index < -0.39 is 0 Å². The Balaban J connectivity index is 2.37. The minimum atomic E-state index is 0.487. The fourth-order valence-electron chi connectivity index (χ4n) is 1.41. The second kappa shape index (κ2) is 2.74. The fraction of sp³-hybridized carbons (Fsp3) is 0.333. The summed E-state index contributed by atoms with van der Waals surface area (Å²) in [6.07, 6.45) is 0. The molecule has 1 aromatic carbocycles. The van der Waals surface area contributed by atoms with Crippen LogP contribution >= 0.6 is 0 Å². The van der Waals surface area contributed by atoms with Crippen molar-refractivity contribution in [2.24, 2.45) is 0 Å². The summed E-state index contributed by atoms with van der Waals surface area (Å²) in [4.78, 5) is 0. The van der Waals surface area contributed by atoms with Crippen molar-refractivity contribution in [1.82, 2.24) is 0 Å². The van der Waals surface area contributed by atoms with Crippen LogP contribution < -0.4 is 16.1 Å². The number of anilines is 2. The molecule has 0 saturated heterocycles. The van der Waals surface area contributed by atoms with E-state index >= 15 is 0 Å². The minimum absolute atomic E-state index is 0.487. The van der Waals surface area contributed by atoms with Crippen LogP contribution in [-0.4, -0.2) is 20.4 Å². The highest BCUT2D eigenvalue weighted by atomic mass is 15.1. The first-order chi connectivity index (χ1) is 5.75. The van der Waals surface area contributed by atoms with Crippen LogP contribution in [-0.2, 0) is 0 Å². The van der Waals surface area contributed by atoms with E-state index in [-0.39, 0.29) is 0 Å². The zero-order valence-electron chi connectivity index (χ0n) is 7.09. The summed E-state index contributed by atoms with van der Waals surface area (Å²) in [6, 6.07) is 6.36. The molecule has 0 fully saturated rings. The van der Waals surface area contributed by atoms with E-state index in [0.717, 1.165) is 23.4 Å². The zero-order chi connectivity index (χ0) is 8.55. The van der Waals surface area contributed by atoms with Crippen LogP contribution in [0.3, 0.4) is 0 Å². The van der Waals surface area contributed by atoms with E-state index in [1.54, 1.807) is 0 Å². The summed E-state index contributed by atoms with van der Waals surface area (Å²) in [7, 11) is 5.65. The maximum absolute atomic E-state index is 5.65. The lowest BCUT2D eigenvalue weighted by molar-refractivity contribution is 0.818. The zero-order valence-corrected chi connectivity index (χ0v) is 7.09. The van der Waals surface area contributed by atoms with Crippen molar-refractivity contribution in [1.29, 1.82) is 0 Å². The Morgan fingerprint density at radius 2 is 2.25 bits per heavy atom. The topological polar surface area (TPSA) is 24.1 Å². The molecule has 0 aliphatic carbocycles. The van der Waals surface area contributed by atoms with Gasteiger partial charge in [0.2, 0.25) is 0 Å². The highest BCUT2D eigenvalue weighted by Gasteiger charge is 2.11. The second-order valence-corrected chi connectivity index (χ2v) is 3.23. The molecule has 1 heterocycles. The Morgan fingerprint density at radius 3 is 3.08 bits per heavy atom. The van der Waals surface area contributed by atoms with Crippen molar-refractivity contribution in [3.63, 3.8) is 0 Å². The maximum atomic E-state index is 5.65. The summed E-state index contributed by atoms with van der Waals surface area (Å²) in [5.41, 5.74) is 3.05. The molecule has 0 aromatic heterocycles. The van der Waals surface area contributed by atoms with Crippen molar-refractivity contribution in [3.8, 4) is 0 Å². The minimum Gasteiger partial charge on any atom is -0.381 e. The summed E-state index contributed by atoms with van der Waals surface area (Å²) in [6.45, 7) is 3.10. The molecule has 60 valence electrons. The molecule has 1 aromatic rings. The molecule has 2 radical (unpaired) electrons. The molecule has 0 bridgehead atoms. The monoisotopic (exact) mass is 158 g/mol. The molecule has 0 unspecified atom stereocenters. The first-order valence-corrected chi connectivity index (χ1v) is 4.15. The molecule has 0 amide bonds. The lowest BCUT2D eigenvalue weighted by Crippen LogP contribution is -2.30. The average molecular weight is 158 g/mol. The van der Waals surface area contributed by atoms with Crippen molar-refractivity contribution in [2.75, 3.05) is 17.2 Å². The third-order valence-electron chi connectivity index (χ3n) is 2.04. The van der Waals surface area contributed by atoms with Crippen LogP contribution in [0.1, 0.15) is 6.92 Å². The first-order valence-electron chi connectivity index (χ1n) is 4.15. The van der Waals surface area contributed by atoms with Gasteiger partial charge in [-0.3, -0.25) is 0 Å². The third-order valence-corrected chi connectivity index (χ3v) is 2.04. The summed E-state index contributed by atoms with van der Waals surface area (Å²) in [5.74, 6) is 0. The summed E-state index contributed by atoms with van der Waals surface area (Å²) in [5, 5.41) is 6.68. The number of fused-ring (bicyclic) bond motifs is 1. The smallest absolute Gasteiger partial charge is 0.113 e. The van der Waals surface area contributed by atoms with Gasteiger partial charge in [-0.1, -0.05) is 11.5 Å². The quantitative estimate of drug-likeness (QED) is 0.543. The molecule has 0 saturated carbocycles. The molecule has 12 heavy (non-hydrogen) atoms. The predicted octanol–water partition coefficient (Wildman–Crippen LogP) is 0.706. The van der Waals surface area contributed by atoms with Gasteiger partial charge in [-0.2, -0.15) is 0 Å².